The predicted molar refractivity (Wildman–Crippen MR) is 100 cm³/mol. The topological polar surface area (TPSA) is 149 Å². The number of methoxy groups -OCH3 is 1. The Labute approximate surface area is 166 Å². The van der Waals surface area contributed by atoms with E-state index in [0.29, 0.717) is 0 Å². The molecule has 3 rings (SSSR count). The Kier molecular flexibility index (Phi) is 5.21. The largest absolute Gasteiger partial charge is 0.480 e. The SMILES string of the molecule is COc1ncc(Oc2c(Cl)cc(-n3nc(C#N)c(=O)[nH]c3=O)cc2Cl)cc1N. The molecule has 1 aromatic carbocycles. The Morgan fingerprint density at radius 1 is 1.25 bits per heavy atom. The van der Waals surface area contributed by atoms with E-state index in [-0.39, 0.29) is 38.8 Å². The first kappa shape index (κ1) is 19.2. The van der Waals surface area contributed by atoms with Gasteiger partial charge in [-0.1, -0.05) is 23.2 Å². The molecule has 0 unspecified atom stereocenters. The summed E-state index contributed by atoms with van der Waals surface area (Å²) in [5.74, 6) is 0.564. The number of halogens is 2. The van der Waals surface area contributed by atoms with E-state index in [1.807, 2.05) is 4.98 Å². The van der Waals surface area contributed by atoms with Crippen molar-refractivity contribution in [2.45, 2.75) is 0 Å². The van der Waals surface area contributed by atoms with Gasteiger partial charge in [0.15, 0.2) is 5.75 Å². The lowest BCUT2D eigenvalue weighted by atomic mass is 10.3. The van der Waals surface area contributed by atoms with Crippen LogP contribution < -0.4 is 26.5 Å². The number of ether oxygens (including phenoxy) is 2. The smallest absolute Gasteiger partial charge is 0.349 e. The zero-order valence-electron chi connectivity index (χ0n) is 14.1. The van der Waals surface area contributed by atoms with Crippen LogP contribution in [0, 0.1) is 11.3 Å². The third-order valence-corrected chi connectivity index (χ3v) is 3.99. The molecule has 0 saturated heterocycles. The highest BCUT2D eigenvalue weighted by Gasteiger charge is 2.15. The summed E-state index contributed by atoms with van der Waals surface area (Å²) in [6.07, 6.45) is 1.36. The molecule has 0 atom stereocenters. The van der Waals surface area contributed by atoms with Crippen LogP contribution in [0.5, 0.6) is 17.4 Å². The van der Waals surface area contributed by atoms with Crippen molar-refractivity contribution in [3.8, 4) is 29.1 Å². The fourth-order valence-corrected chi connectivity index (χ4v) is 2.76. The van der Waals surface area contributed by atoms with Crippen LogP contribution in [0.3, 0.4) is 0 Å². The number of aromatic amines is 1. The van der Waals surface area contributed by atoms with Crippen LogP contribution in [0.2, 0.25) is 10.0 Å². The molecule has 3 N–H and O–H groups in total. The Morgan fingerprint density at radius 3 is 2.50 bits per heavy atom. The van der Waals surface area contributed by atoms with Gasteiger partial charge in [0, 0.05) is 6.07 Å². The summed E-state index contributed by atoms with van der Waals surface area (Å²) in [5, 5.41) is 12.7. The highest BCUT2D eigenvalue weighted by Crippen LogP contribution is 2.38. The van der Waals surface area contributed by atoms with Gasteiger partial charge in [0.2, 0.25) is 11.6 Å². The molecule has 0 aliphatic heterocycles. The summed E-state index contributed by atoms with van der Waals surface area (Å²) in [5.41, 5.74) is 3.89. The summed E-state index contributed by atoms with van der Waals surface area (Å²) in [4.78, 5) is 29.4. The number of hydrogen-bond acceptors (Lipinski definition) is 8. The number of rotatable bonds is 4. The minimum atomic E-state index is -0.898. The molecule has 0 fully saturated rings. The maximum Gasteiger partial charge on any atom is 0.349 e. The molecule has 2 aromatic heterocycles. The Hall–Kier alpha value is -3.55. The number of H-pyrrole nitrogens is 1. The zero-order valence-corrected chi connectivity index (χ0v) is 15.6. The maximum absolute atomic E-state index is 12.0. The summed E-state index contributed by atoms with van der Waals surface area (Å²) in [6.45, 7) is 0. The molecular weight excluding hydrogens is 411 g/mol. The fourth-order valence-electron chi connectivity index (χ4n) is 2.21. The monoisotopic (exact) mass is 420 g/mol. The number of aromatic nitrogens is 4. The van der Waals surface area contributed by atoms with Crippen molar-refractivity contribution in [3.05, 3.63) is 61.0 Å². The van der Waals surface area contributed by atoms with Crippen molar-refractivity contribution < 1.29 is 9.47 Å². The van der Waals surface area contributed by atoms with Gasteiger partial charge in [-0.15, -0.1) is 5.10 Å². The molecular formula is C16H10Cl2N6O4. The Morgan fingerprint density at radius 2 is 1.93 bits per heavy atom. The van der Waals surface area contributed by atoms with Crippen LogP contribution in [0.25, 0.3) is 5.69 Å². The van der Waals surface area contributed by atoms with E-state index in [2.05, 4.69) is 10.1 Å². The van der Waals surface area contributed by atoms with Crippen molar-refractivity contribution in [1.29, 1.82) is 5.26 Å². The second-order valence-electron chi connectivity index (χ2n) is 5.24. The van der Waals surface area contributed by atoms with Gasteiger partial charge in [-0.3, -0.25) is 9.78 Å². The molecule has 0 radical (unpaired) electrons. The summed E-state index contributed by atoms with van der Waals surface area (Å²) in [7, 11) is 1.43. The highest BCUT2D eigenvalue weighted by atomic mass is 35.5. The normalized spacial score (nSPS) is 10.4. The molecule has 0 aliphatic carbocycles. The number of nitriles is 1. The minimum Gasteiger partial charge on any atom is -0.480 e. The number of hydrogen-bond donors (Lipinski definition) is 2. The van der Waals surface area contributed by atoms with Crippen LogP contribution >= 0.6 is 23.2 Å². The van der Waals surface area contributed by atoms with Crippen molar-refractivity contribution in [2.75, 3.05) is 12.8 Å². The average Bonchev–Trinajstić information content (AvgIpc) is 2.65. The van der Waals surface area contributed by atoms with E-state index in [1.54, 1.807) is 6.07 Å². The lowest BCUT2D eigenvalue weighted by molar-refractivity contribution is 0.397. The first-order valence-corrected chi connectivity index (χ1v) is 8.20. The van der Waals surface area contributed by atoms with E-state index in [4.69, 9.17) is 43.7 Å². The van der Waals surface area contributed by atoms with Crippen molar-refractivity contribution in [2.24, 2.45) is 0 Å². The zero-order chi connectivity index (χ0) is 20.4. The van der Waals surface area contributed by atoms with Gasteiger partial charge in [-0.05, 0) is 12.1 Å². The van der Waals surface area contributed by atoms with Gasteiger partial charge in [-0.25, -0.2) is 9.78 Å². The summed E-state index contributed by atoms with van der Waals surface area (Å²) >= 11 is 12.4. The molecule has 142 valence electrons. The molecule has 0 saturated carbocycles. The number of pyridine rings is 1. The van der Waals surface area contributed by atoms with Gasteiger partial charge in [0.05, 0.1) is 34.7 Å². The van der Waals surface area contributed by atoms with Crippen molar-refractivity contribution >= 4 is 28.9 Å². The number of nitrogens with two attached hydrogens (primary N) is 1. The van der Waals surface area contributed by atoms with E-state index >= 15 is 0 Å². The fraction of sp³-hybridized carbons (Fsp3) is 0.0625. The molecule has 10 nitrogen and oxygen atoms in total. The van der Waals surface area contributed by atoms with Crippen LogP contribution in [-0.2, 0) is 0 Å². The quantitative estimate of drug-likeness (QED) is 0.649. The second kappa shape index (κ2) is 7.59. The Bertz CT molecular complexity index is 1210. The van der Waals surface area contributed by atoms with Gasteiger partial charge in [-0.2, -0.15) is 9.94 Å². The van der Waals surface area contributed by atoms with Gasteiger partial charge in [0.25, 0.3) is 5.56 Å². The van der Waals surface area contributed by atoms with Gasteiger partial charge in [0.1, 0.15) is 11.8 Å². The average molecular weight is 421 g/mol. The first-order chi connectivity index (χ1) is 13.3. The number of anilines is 1. The first-order valence-electron chi connectivity index (χ1n) is 7.44. The van der Waals surface area contributed by atoms with E-state index < -0.39 is 16.9 Å². The lowest BCUT2D eigenvalue weighted by Gasteiger charge is -2.13. The van der Waals surface area contributed by atoms with Gasteiger partial charge >= 0.3 is 5.69 Å². The van der Waals surface area contributed by atoms with Crippen molar-refractivity contribution in [3.63, 3.8) is 0 Å². The predicted octanol–water partition coefficient (Wildman–Crippen LogP) is 1.88. The molecule has 0 bridgehead atoms. The van der Waals surface area contributed by atoms with Crippen LogP contribution in [0.4, 0.5) is 5.69 Å². The van der Waals surface area contributed by atoms with E-state index in [0.717, 1.165) is 4.68 Å². The van der Waals surface area contributed by atoms with Crippen LogP contribution in [-0.4, -0.2) is 26.9 Å². The standard InChI is InChI=1S/C16H10Cl2N6O4/c1-27-15-11(20)4-8(6-21-15)28-13-9(17)2-7(3-10(13)18)24-16(26)22-14(25)12(5-19)23-24/h2-4,6H,20H2,1H3,(H,22,25,26). The molecule has 2 heterocycles. The van der Waals surface area contributed by atoms with Crippen LogP contribution in [0.1, 0.15) is 5.69 Å². The highest BCUT2D eigenvalue weighted by molar-refractivity contribution is 6.37. The van der Waals surface area contributed by atoms with E-state index in [1.165, 1.54) is 31.5 Å². The lowest BCUT2D eigenvalue weighted by Crippen LogP contribution is -2.33. The Balaban J connectivity index is 2.03. The molecule has 28 heavy (non-hydrogen) atoms. The van der Waals surface area contributed by atoms with Gasteiger partial charge < -0.3 is 15.2 Å². The third kappa shape index (κ3) is 3.62. The van der Waals surface area contributed by atoms with Crippen molar-refractivity contribution in [1.82, 2.24) is 19.7 Å². The van der Waals surface area contributed by atoms with E-state index in [9.17, 15) is 9.59 Å². The molecule has 3 aromatic rings. The molecule has 0 amide bonds. The summed E-state index contributed by atoms with van der Waals surface area (Å²) < 4.78 is 11.4. The minimum absolute atomic E-state index is 0.0373. The molecule has 12 heteroatoms. The number of nitrogen functional groups attached to an aromatic ring is 1. The second-order valence-corrected chi connectivity index (χ2v) is 6.06. The number of nitrogens with one attached hydrogen (secondary N) is 1. The number of nitrogens with zero attached hydrogens (tertiary/aromatic N) is 4. The van der Waals surface area contributed by atoms with Crippen LogP contribution in [0.15, 0.2) is 34.0 Å². The summed E-state index contributed by atoms with van der Waals surface area (Å²) in [6, 6.07) is 5.72. The molecule has 0 aliphatic rings. The maximum atomic E-state index is 12.0. The third-order valence-electron chi connectivity index (χ3n) is 3.43. The number of benzene rings is 1. The molecule has 0 spiro atoms.